The first-order valence-corrected chi connectivity index (χ1v) is 5.80. The summed E-state index contributed by atoms with van der Waals surface area (Å²) in [6.07, 6.45) is 1.21. The lowest BCUT2D eigenvalue weighted by atomic mass is 9.98. The second kappa shape index (κ2) is 5.52. The second-order valence-electron chi connectivity index (χ2n) is 3.77. The number of hydrogen-bond acceptors (Lipinski definition) is 1. The normalized spacial score (nSPS) is 11.3. The zero-order chi connectivity index (χ0) is 13.0. The van der Waals surface area contributed by atoms with E-state index in [4.69, 9.17) is 16.7 Å². The van der Waals surface area contributed by atoms with E-state index >= 15 is 0 Å². The van der Waals surface area contributed by atoms with Gasteiger partial charge in [0.1, 0.15) is 0 Å². The lowest BCUT2D eigenvalue weighted by molar-refractivity contribution is -0.131. The molecule has 0 fully saturated rings. The maximum Gasteiger partial charge on any atom is 0.328 e. The quantitative estimate of drug-likeness (QED) is 0.849. The van der Waals surface area contributed by atoms with Crippen LogP contribution < -0.4 is 0 Å². The largest absolute Gasteiger partial charge is 0.478 e. The first-order chi connectivity index (χ1) is 8.66. The Labute approximate surface area is 110 Å². The average molecular weight is 259 g/mol. The summed E-state index contributed by atoms with van der Waals surface area (Å²) in [5, 5.41) is 9.59. The van der Waals surface area contributed by atoms with Gasteiger partial charge < -0.3 is 5.11 Å². The molecule has 2 nitrogen and oxygen atoms in total. The van der Waals surface area contributed by atoms with Gasteiger partial charge in [0.05, 0.1) is 0 Å². The van der Waals surface area contributed by atoms with Gasteiger partial charge in [0.2, 0.25) is 0 Å². The number of aliphatic carboxylic acids is 1. The van der Waals surface area contributed by atoms with E-state index in [9.17, 15) is 4.79 Å². The minimum atomic E-state index is -0.969. The third-order valence-electron chi connectivity index (χ3n) is 2.51. The summed E-state index contributed by atoms with van der Waals surface area (Å²) in [5.41, 5.74) is 2.36. The molecule has 0 aliphatic rings. The van der Waals surface area contributed by atoms with Crippen LogP contribution >= 0.6 is 11.6 Å². The van der Waals surface area contributed by atoms with E-state index in [0.29, 0.717) is 10.6 Å². The molecule has 0 heterocycles. The van der Waals surface area contributed by atoms with Gasteiger partial charge in [-0.15, -0.1) is 0 Å². The number of carboxylic acid groups (broad SMARTS) is 1. The maximum absolute atomic E-state index is 10.9. The van der Waals surface area contributed by atoms with E-state index in [2.05, 4.69) is 0 Å². The van der Waals surface area contributed by atoms with Crippen LogP contribution in [-0.2, 0) is 4.79 Å². The van der Waals surface area contributed by atoms with Crippen LogP contribution in [0.15, 0.2) is 60.7 Å². The van der Waals surface area contributed by atoms with Gasteiger partial charge >= 0.3 is 5.97 Å². The summed E-state index contributed by atoms with van der Waals surface area (Å²) in [6, 6.07) is 16.5. The first-order valence-electron chi connectivity index (χ1n) is 5.43. The topological polar surface area (TPSA) is 37.3 Å². The van der Waals surface area contributed by atoms with Crippen LogP contribution in [0.5, 0.6) is 0 Å². The van der Waals surface area contributed by atoms with Crippen molar-refractivity contribution in [3.8, 4) is 0 Å². The van der Waals surface area contributed by atoms with E-state index in [0.717, 1.165) is 11.1 Å². The smallest absolute Gasteiger partial charge is 0.328 e. The summed E-state index contributed by atoms with van der Waals surface area (Å²) in [5.74, 6) is -0.969. The Kier molecular flexibility index (Phi) is 3.80. The van der Waals surface area contributed by atoms with Crippen molar-refractivity contribution in [2.45, 2.75) is 0 Å². The van der Waals surface area contributed by atoms with Crippen LogP contribution in [0.4, 0.5) is 0 Å². The molecular formula is C15H11ClO2. The molecule has 18 heavy (non-hydrogen) atoms. The summed E-state index contributed by atoms with van der Waals surface area (Å²) in [4.78, 5) is 10.9. The van der Waals surface area contributed by atoms with Crippen molar-refractivity contribution < 1.29 is 9.90 Å². The summed E-state index contributed by atoms with van der Waals surface area (Å²) >= 11 is 5.83. The van der Waals surface area contributed by atoms with E-state index in [1.165, 1.54) is 6.08 Å². The molecule has 0 saturated heterocycles. The molecule has 0 bridgehead atoms. The van der Waals surface area contributed by atoms with Crippen LogP contribution in [0, 0.1) is 0 Å². The van der Waals surface area contributed by atoms with E-state index < -0.39 is 5.97 Å². The van der Waals surface area contributed by atoms with E-state index in [1.54, 1.807) is 12.1 Å². The first kappa shape index (κ1) is 12.4. The van der Waals surface area contributed by atoms with Crippen LogP contribution in [0.25, 0.3) is 5.57 Å². The van der Waals surface area contributed by atoms with Gasteiger partial charge in [-0.1, -0.05) is 54.1 Å². The Hall–Kier alpha value is -2.06. The number of benzene rings is 2. The highest BCUT2D eigenvalue weighted by Crippen LogP contribution is 2.24. The minimum absolute atomic E-state index is 0.626. The molecule has 90 valence electrons. The molecular weight excluding hydrogens is 248 g/mol. The molecule has 0 radical (unpaired) electrons. The monoisotopic (exact) mass is 258 g/mol. The fourth-order valence-electron chi connectivity index (χ4n) is 1.70. The van der Waals surface area contributed by atoms with Gasteiger partial charge in [-0.25, -0.2) is 4.79 Å². The predicted molar refractivity (Wildman–Crippen MR) is 72.6 cm³/mol. The Morgan fingerprint density at radius 3 is 2.06 bits per heavy atom. The zero-order valence-corrected chi connectivity index (χ0v) is 10.3. The predicted octanol–water partition coefficient (Wildman–Crippen LogP) is 3.86. The van der Waals surface area contributed by atoms with Gasteiger partial charge in [0.25, 0.3) is 0 Å². The fraction of sp³-hybridized carbons (Fsp3) is 0. The summed E-state index contributed by atoms with van der Waals surface area (Å²) in [7, 11) is 0. The average Bonchev–Trinajstić information content (AvgIpc) is 2.38. The highest BCUT2D eigenvalue weighted by atomic mass is 35.5. The standard InChI is InChI=1S/C15H11ClO2/c16-13-8-6-12(7-9-13)14(10-15(17)18)11-4-2-1-3-5-11/h1-10H,(H,17,18)/b14-10+. The molecule has 2 aromatic rings. The third-order valence-corrected chi connectivity index (χ3v) is 2.76. The van der Waals surface area contributed by atoms with Gasteiger partial charge in [-0.05, 0) is 28.8 Å². The molecule has 0 aromatic heterocycles. The molecule has 0 unspecified atom stereocenters. The Morgan fingerprint density at radius 1 is 0.944 bits per heavy atom. The molecule has 1 N–H and O–H groups in total. The van der Waals surface area contributed by atoms with Crippen molar-refractivity contribution in [3.63, 3.8) is 0 Å². The molecule has 2 aromatic carbocycles. The van der Waals surface area contributed by atoms with Crippen molar-refractivity contribution in [1.82, 2.24) is 0 Å². The maximum atomic E-state index is 10.9. The number of carboxylic acids is 1. The Balaban J connectivity index is 2.51. The summed E-state index contributed by atoms with van der Waals surface area (Å²) < 4.78 is 0. The molecule has 2 rings (SSSR count). The second-order valence-corrected chi connectivity index (χ2v) is 4.21. The number of carbonyl (C=O) groups is 1. The molecule has 0 spiro atoms. The fourth-order valence-corrected chi connectivity index (χ4v) is 1.83. The van der Waals surface area contributed by atoms with Gasteiger partial charge in [-0.2, -0.15) is 0 Å². The third kappa shape index (κ3) is 2.99. The van der Waals surface area contributed by atoms with Gasteiger partial charge in [-0.3, -0.25) is 0 Å². The number of rotatable bonds is 3. The lowest BCUT2D eigenvalue weighted by Gasteiger charge is -2.07. The van der Waals surface area contributed by atoms with Crippen LogP contribution in [0.2, 0.25) is 5.02 Å². The van der Waals surface area contributed by atoms with Gasteiger partial charge in [0.15, 0.2) is 0 Å². The van der Waals surface area contributed by atoms with Crippen LogP contribution in [0.1, 0.15) is 11.1 Å². The molecule has 3 heteroatoms. The number of hydrogen-bond donors (Lipinski definition) is 1. The van der Waals surface area contributed by atoms with E-state index in [-0.39, 0.29) is 0 Å². The SMILES string of the molecule is O=C(O)/C=C(\c1ccccc1)c1ccc(Cl)cc1. The Morgan fingerprint density at radius 2 is 1.50 bits per heavy atom. The molecule has 0 aliphatic heterocycles. The van der Waals surface area contributed by atoms with Crippen molar-refractivity contribution in [3.05, 3.63) is 76.8 Å². The highest BCUT2D eigenvalue weighted by molar-refractivity contribution is 6.30. The molecule has 0 atom stereocenters. The van der Waals surface area contributed by atoms with Crippen LogP contribution in [0.3, 0.4) is 0 Å². The van der Waals surface area contributed by atoms with Gasteiger partial charge in [0, 0.05) is 11.1 Å². The molecule has 0 aliphatic carbocycles. The Bertz CT molecular complexity index is 571. The molecule has 0 saturated carbocycles. The highest BCUT2D eigenvalue weighted by Gasteiger charge is 2.06. The molecule has 0 amide bonds. The number of halogens is 1. The van der Waals surface area contributed by atoms with Crippen molar-refractivity contribution >= 4 is 23.1 Å². The van der Waals surface area contributed by atoms with Crippen LogP contribution in [-0.4, -0.2) is 11.1 Å². The minimum Gasteiger partial charge on any atom is -0.478 e. The van der Waals surface area contributed by atoms with Crippen molar-refractivity contribution in [2.75, 3.05) is 0 Å². The lowest BCUT2D eigenvalue weighted by Crippen LogP contribution is -1.94. The summed E-state index contributed by atoms with van der Waals surface area (Å²) in [6.45, 7) is 0. The zero-order valence-electron chi connectivity index (χ0n) is 9.51. The van der Waals surface area contributed by atoms with Crippen molar-refractivity contribution in [1.29, 1.82) is 0 Å². The van der Waals surface area contributed by atoms with Crippen molar-refractivity contribution in [2.24, 2.45) is 0 Å². The van der Waals surface area contributed by atoms with E-state index in [1.807, 2.05) is 42.5 Å².